The van der Waals surface area contributed by atoms with E-state index in [0.29, 0.717) is 11.3 Å². The van der Waals surface area contributed by atoms with Crippen molar-refractivity contribution in [3.63, 3.8) is 0 Å². The number of hydrogen-bond donors (Lipinski definition) is 3. The highest BCUT2D eigenvalue weighted by Gasteiger charge is 2.14. The van der Waals surface area contributed by atoms with Crippen molar-refractivity contribution in [2.24, 2.45) is 5.73 Å². The number of primary amides is 1. The van der Waals surface area contributed by atoms with Crippen LogP contribution in [0.4, 0.5) is 5.69 Å². The molecular formula is C20H20BrN3O4. The number of benzene rings is 2. The Balaban J connectivity index is 1.92. The third-order valence-electron chi connectivity index (χ3n) is 3.85. The topological polar surface area (TPSA) is 118 Å². The number of amides is 3. The van der Waals surface area contributed by atoms with Crippen molar-refractivity contribution < 1.29 is 19.2 Å². The molecule has 8 heteroatoms. The Morgan fingerprint density at radius 3 is 2.25 bits per heavy atom. The molecule has 4 N–H and O–H groups in total. The molecule has 28 heavy (non-hydrogen) atoms. The van der Waals surface area contributed by atoms with Crippen LogP contribution in [-0.2, 0) is 9.59 Å². The quantitative estimate of drug-likeness (QED) is 0.513. The standard InChI is InChI=1S/C20H20BrN3O4/c21-14-7-5-13(6-8-14)17(25)9-10-19(27)24-16-4-2-1-3-15(16)20(28)23-12-11-18(22)26/h1-8H,9-12H2,(H2,22,26)(H,23,28)(H,24,27). The van der Waals surface area contributed by atoms with Gasteiger partial charge in [0.2, 0.25) is 11.8 Å². The molecule has 0 fully saturated rings. The summed E-state index contributed by atoms with van der Waals surface area (Å²) in [6.07, 6.45) is 0.0748. The Labute approximate surface area is 170 Å². The van der Waals surface area contributed by atoms with E-state index in [4.69, 9.17) is 5.73 Å². The summed E-state index contributed by atoms with van der Waals surface area (Å²) in [4.78, 5) is 47.4. The number of anilines is 1. The van der Waals surface area contributed by atoms with Gasteiger partial charge in [-0.3, -0.25) is 19.2 Å². The summed E-state index contributed by atoms with van der Waals surface area (Å²) >= 11 is 3.30. The maximum Gasteiger partial charge on any atom is 0.253 e. The van der Waals surface area contributed by atoms with Crippen molar-refractivity contribution in [1.82, 2.24) is 5.32 Å². The molecule has 0 atom stereocenters. The molecule has 3 amide bonds. The molecule has 0 aliphatic rings. The summed E-state index contributed by atoms with van der Waals surface area (Å²) < 4.78 is 0.868. The number of halogens is 1. The number of Topliss-reactive ketones (excluding diaryl/α,β-unsaturated/α-hetero) is 1. The zero-order valence-corrected chi connectivity index (χ0v) is 16.6. The first-order valence-corrected chi connectivity index (χ1v) is 9.40. The van der Waals surface area contributed by atoms with E-state index in [-0.39, 0.29) is 43.1 Å². The average Bonchev–Trinajstić information content (AvgIpc) is 2.66. The van der Waals surface area contributed by atoms with Gasteiger partial charge < -0.3 is 16.4 Å². The normalized spacial score (nSPS) is 10.2. The van der Waals surface area contributed by atoms with Crippen molar-refractivity contribution in [1.29, 1.82) is 0 Å². The highest BCUT2D eigenvalue weighted by atomic mass is 79.9. The van der Waals surface area contributed by atoms with Crippen molar-refractivity contribution in [2.75, 3.05) is 11.9 Å². The second-order valence-corrected chi connectivity index (χ2v) is 6.91. The Morgan fingerprint density at radius 1 is 0.893 bits per heavy atom. The fourth-order valence-corrected chi connectivity index (χ4v) is 2.67. The van der Waals surface area contributed by atoms with E-state index in [1.165, 1.54) is 0 Å². The molecule has 146 valence electrons. The second kappa shape index (κ2) is 10.4. The fraction of sp³-hybridized carbons (Fsp3) is 0.200. The molecule has 0 saturated carbocycles. The van der Waals surface area contributed by atoms with Crippen LogP contribution in [0.1, 0.15) is 40.0 Å². The van der Waals surface area contributed by atoms with Gasteiger partial charge in [-0.25, -0.2) is 0 Å². The van der Waals surface area contributed by atoms with Gasteiger partial charge in [-0.05, 0) is 24.3 Å². The zero-order chi connectivity index (χ0) is 20.5. The number of rotatable bonds is 9. The van der Waals surface area contributed by atoms with Crippen LogP contribution in [0.3, 0.4) is 0 Å². The number of nitrogens with one attached hydrogen (secondary N) is 2. The van der Waals surface area contributed by atoms with E-state index < -0.39 is 11.8 Å². The molecule has 2 rings (SSSR count). The summed E-state index contributed by atoms with van der Waals surface area (Å²) in [5.74, 6) is -1.46. The van der Waals surface area contributed by atoms with Gasteiger partial charge >= 0.3 is 0 Å². The SMILES string of the molecule is NC(=O)CCNC(=O)c1ccccc1NC(=O)CCC(=O)c1ccc(Br)cc1. The predicted octanol–water partition coefficient (Wildman–Crippen LogP) is 2.66. The summed E-state index contributed by atoms with van der Waals surface area (Å²) in [5, 5.41) is 5.23. The Morgan fingerprint density at radius 2 is 1.57 bits per heavy atom. The minimum Gasteiger partial charge on any atom is -0.370 e. The van der Waals surface area contributed by atoms with Gasteiger partial charge in [0, 0.05) is 35.8 Å². The lowest BCUT2D eigenvalue weighted by Crippen LogP contribution is -2.28. The maximum absolute atomic E-state index is 12.2. The number of carbonyl (C=O) groups excluding carboxylic acids is 4. The van der Waals surface area contributed by atoms with Crippen LogP contribution < -0.4 is 16.4 Å². The molecule has 0 aliphatic heterocycles. The molecule has 0 saturated heterocycles. The summed E-state index contributed by atoms with van der Waals surface area (Å²) in [6, 6.07) is 13.4. The monoisotopic (exact) mass is 445 g/mol. The number of carbonyl (C=O) groups is 4. The molecule has 0 spiro atoms. The average molecular weight is 446 g/mol. The summed E-state index contributed by atoms with van der Waals surface area (Å²) in [7, 11) is 0. The minimum absolute atomic E-state index is 0.00741. The van der Waals surface area contributed by atoms with E-state index in [1.54, 1.807) is 48.5 Å². The van der Waals surface area contributed by atoms with Crippen molar-refractivity contribution in [2.45, 2.75) is 19.3 Å². The van der Waals surface area contributed by atoms with Crippen LogP contribution in [0.5, 0.6) is 0 Å². The highest BCUT2D eigenvalue weighted by Crippen LogP contribution is 2.16. The lowest BCUT2D eigenvalue weighted by Gasteiger charge is -2.11. The van der Waals surface area contributed by atoms with Crippen LogP contribution in [0, 0.1) is 0 Å². The summed E-state index contributed by atoms with van der Waals surface area (Å²) in [6.45, 7) is 0.109. The first-order valence-electron chi connectivity index (χ1n) is 8.61. The third kappa shape index (κ3) is 6.62. The Bertz CT molecular complexity index is 881. The molecule has 2 aromatic carbocycles. The van der Waals surface area contributed by atoms with E-state index >= 15 is 0 Å². The van der Waals surface area contributed by atoms with E-state index in [2.05, 4.69) is 26.6 Å². The van der Waals surface area contributed by atoms with E-state index in [0.717, 1.165) is 4.47 Å². The first kappa shape index (κ1) is 21.3. The fourth-order valence-electron chi connectivity index (χ4n) is 2.40. The lowest BCUT2D eigenvalue weighted by molar-refractivity contribution is -0.118. The molecule has 0 radical (unpaired) electrons. The first-order chi connectivity index (χ1) is 13.4. The zero-order valence-electron chi connectivity index (χ0n) is 15.0. The summed E-state index contributed by atoms with van der Waals surface area (Å²) in [5.41, 5.74) is 6.17. The van der Waals surface area contributed by atoms with Crippen LogP contribution in [0.25, 0.3) is 0 Å². The van der Waals surface area contributed by atoms with Crippen LogP contribution in [0.15, 0.2) is 53.0 Å². The van der Waals surface area contributed by atoms with Crippen molar-refractivity contribution >= 4 is 45.1 Å². The van der Waals surface area contributed by atoms with Crippen molar-refractivity contribution in [3.8, 4) is 0 Å². The smallest absolute Gasteiger partial charge is 0.253 e. The van der Waals surface area contributed by atoms with Gasteiger partial charge in [-0.2, -0.15) is 0 Å². The maximum atomic E-state index is 12.2. The molecule has 7 nitrogen and oxygen atoms in total. The number of nitrogens with two attached hydrogens (primary N) is 1. The van der Waals surface area contributed by atoms with Crippen molar-refractivity contribution in [3.05, 3.63) is 64.1 Å². The molecule has 0 heterocycles. The van der Waals surface area contributed by atoms with Crippen LogP contribution >= 0.6 is 15.9 Å². The largest absolute Gasteiger partial charge is 0.370 e. The number of para-hydroxylation sites is 1. The van der Waals surface area contributed by atoms with Gasteiger partial charge in [0.05, 0.1) is 11.3 Å². The van der Waals surface area contributed by atoms with Gasteiger partial charge in [-0.1, -0.05) is 40.2 Å². The molecule has 0 bridgehead atoms. The molecule has 0 aromatic heterocycles. The van der Waals surface area contributed by atoms with Gasteiger partial charge in [0.1, 0.15) is 0 Å². The number of hydrogen-bond acceptors (Lipinski definition) is 4. The van der Waals surface area contributed by atoms with Gasteiger partial charge in [0.25, 0.3) is 5.91 Å². The van der Waals surface area contributed by atoms with Crippen LogP contribution in [-0.4, -0.2) is 30.0 Å². The number of ketones is 1. The lowest BCUT2D eigenvalue weighted by atomic mass is 10.1. The highest BCUT2D eigenvalue weighted by molar-refractivity contribution is 9.10. The van der Waals surface area contributed by atoms with E-state index in [1.807, 2.05) is 0 Å². The van der Waals surface area contributed by atoms with Gasteiger partial charge in [0.15, 0.2) is 5.78 Å². The molecule has 2 aromatic rings. The van der Waals surface area contributed by atoms with E-state index in [9.17, 15) is 19.2 Å². The second-order valence-electron chi connectivity index (χ2n) is 6.00. The molecule has 0 aliphatic carbocycles. The molecular weight excluding hydrogens is 426 g/mol. The van der Waals surface area contributed by atoms with Gasteiger partial charge in [-0.15, -0.1) is 0 Å². The third-order valence-corrected chi connectivity index (χ3v) is 4.38. The Kier molecular flexibility index (Phi) is 7.88. The molecule has 0 unspecified atom stereocenters. The minimum atomic E-state index is -0.516. The predicted molar refractivity (Wildman–Crippen MR) is 109 cm³/mol. The van der Waals surface area contributed by atoms with Crippen LogP contribution in [0.2, 0.25) is 0 Å². The Hall–Kier alpha value is -3.00.